The third-order valence-electron chi connectivity index (χ3n) is 0. The van der Waals surface area contributed by atoms with Crippen molar-refractivity contribution in [2.75, 3.05) is 0 Å². The minimum Gasteiger partial charge on any atom is -0.822 e. The molecule has 0 bridgehead atoms. The van der Waals surface area contributed by atoms with Gasteiger partial charge in [0.25, 0.3) is 0 Å². The second kappa shape index (κ2) is 15.3. The van der Waals surface area contributed by atoms with Crippen LogP contribution >= 0.6 is 23.5 Å². The van der Waals surface area contributed by atoms with Crippen LogP contribution in [-0.4, -0.2) is 0 Å². The van der Waals surface area contributed by atoms with Gasteiger partial charge in [-0.25, -0.2) is 0 Å². The van der Waals surface area contributed by atoms with Gasteiger partial charge in [0.2, 0.25) is 0 Å². The first kappa shape index (κ1) is 36.8. The second-order valence-electron chi connectivity index (χ2n) is 1.34. The Balaban J connectivity index is -0.0000000277. The third kappa shape index (κ3) is 1430. The summed E-state index contributed by atoms with van der Waals surface area (Å²) >= 11 is 0. The SMILES string of the molecule is O=P([O-])([O-])[O-].O=P([O-])([O-])[O-].O=P([O-])([O-])[O-].[Fe+3].[Fe+3].[Fe+3]. The monoisotopic (exact) mass is 453 g/mol. The van der Waals surface area contributed by atoms with Crippen LogP contribution in [0.15, 0.2) is 0 Å². The van der Waals surface area contributed by atoms with E-state index in [0.29, 0.717) is 0 Å². The van der Waals surface area contributed by atoms with Gasteiger partial charge in [-0.3, -0.25) is 0 Å². The zero-order valence-electron chi connectivity index (χ0n) is 7.30. The van der Waals surface area contributed by atoms with Crippen molar-refractivity contribution in [1.82, 2.24) is 0 Å². The number of rotatable bonds is 0. The first-order valence-corrected chi connectivity index (χ1v) is 6.57. The maximum Gasteiger partial charge on any atom is 3.00 e. The van der Waals surface area contributed by atoms with Gasteiger partial charge in [0.1, 0.15) is 0 Å². The maximum atomic E-state index is 8.55. The van der Waals surface area contributed by atoms with E-state index in [0.717, 1.165) is 0 Å². The molecule has 0 aliphatic rings. The van der Waals surface area contributed by atoms with Gasteiger partial charge in [-0.15, -0.1) is 0 Å². The summed E-state index contributed by atoms with van der Waals surface area (Å²) in [6.45, 7) is 0. The molecule has 0 aliphatic carbocycles. The molecule has 0 N–H and O–H groups in total. The largest absolute Gasteiger partial charge is 3.00 e. The Morgan fingerprint density at radius 1 is 0.389 bits per heavy atom. The van der Waals surface area contributed by atoms with Crippen LogP contribution in [0.1, 0.15) is 0 Å². The molecule has 0 rings (SSSR count). The van der Waals surface area contributed by atoms with Crippen LogP contribution in [0.25, 0.3) is 0 Å². The van der Waals surface area contributed by atoms with Gasteiger partial charge in [-0.05, 0) is 0 Å². The molecule has 3 radical (unpaired) electrons. The van der Waals surface area contributed by atoms with Crippen LogP contribution in [0.5, 0.6) is 0 Å². The molecular weight excluding hydrogens is 452 g/mol. The number of hydrogen-bond acceptors (Lipinski definition) is 12. The smallest absolute Gasteiger partial charge is 0.822 e. The molecule has 0 atom stereocenters. The van der Waals surface area contributed by atoms with Gasteiger partial charge >= 0.3 is 51.2 Å². The van der Waals surface area contributed by atoms with Crippen molar-refractivity contribution in [1.29, 1.82) is 0 Å². The van der Waals surface area contributed by atoms with E-state index in [1.165, 1.54) is 0 Å². The maximum absolute atomic E-state index is 8.55. The molecule has 0 spiro atoms. The molecule has 0 heterocycles. The Morgan fingerprint density at radius 3 is 0.389 bits per heavy atom. The quantitative estimate of drug-likeness (QED) is 0.245. The Kier molecular flexibility index (Phi) is 31.2. The summed E-state index contributed by atoms with van der Waals surface area (Å²) in [4.78, 5) is 76.9. The fourth-order valence-electron chi connectivity index (χ4n) is 0. The van der Waals surface area contributed by atoms with Crippen LogP contribution in [-0.2, 0) is 64.9 Å². The van der Waals surface area contributed by atoms with Crippen molar-refractivity contribution in [2.24, 2.45) is 0 Å². The van der Waals surface area contributed by atoms with Crippen LogP contribution in [0.2, 0.25) is 0 Å². The van der Waals surface area contributed by atoms with Gasteiger partial charge in [-0.1, -0.05) is 0 Å². The zero-order chi connectivity index (χ0) is 13.5. The summed E-state index contributed by atoms with van der Waals surface area (Å²) in [6, 6.07) is 0. The minimum absolute atomic E-state index is 0. The average Bonchev–Trinajstić information content (AvgIpc) is 1.41. The summed E-state index contributed by atoms with van der Waals surface area (Å²) < 4.78 is 25.6. The van der Waals surface area contributed by atoms with Crippen molar-refractivity contribution in [3.63, 3.8) is 0 Å². The Bertz CT molecular complexity index is 209. The van der Waals surface area contributed by atoms with E-state index in [9.17, 15) is 0 Å². The first-order valence-electron chi connectivity index (χ1n) is 2.19. The predicted molar refractivity (Wildman–Crippen MR) is 22.8 cm³/mol. The van der Waals surface area contributed by atoms with Crippen LogP contribution in [0.3, 0.4) is 0 Å². The van der Waals surface area contributed by atoms with Crippen molar-refractivity contribution >= 4 is 23.5 Å². The fourth-order valence-corrected chi connectivity index (χ4v) is 0. The van der Waals surface area contributed by atoms with Gasteiger partial charge in [0.15, 0.2) is 0 Å². The summed E-state index contributed by atoms with van der Waals surface area (Å²) in [5.41, 5.74) is 0. The molecule has 0 saturated carbocycles. The van der Waals surface area contributed by atoms with Crippen molar-refractivity contribution in [3.8, 4) is 0 Å². The molecule has 0 fully saturated rings. The summed E-state index contributed by atoms with van der Waals surface area (Å²) in [6.07, 6.45) is 0. The number of hydrogen-bond donors (Lipinski definition) is 0. The predicted octanol–water partition coefficient (Wildman–Crippen LogP) is -8.48. The molecule has 0 aromatic rings. The van der Waals surface area contributed by atoms with E-state index in [1.807, 2.05) is 0 Å². The van der Waals surface area contributed by atoms with E-state index in [4.69, 9.17) is 57.7 Å². The van der Waals surface area contributed by atoms with E-state index in [2.05, 4.69) is 0 Å². The standard InChI is InChI=1S/3Fe.3H3O4P/c;;;3*1-5(2,3)4/h;;;3*(H3,1,2,3,4)/q3*+3;;;/p-9. The fraction of sp³-hybridized carbons (Fsp3) is 0. The summed E-state index contributed by atoms with van der Waals surface area (Å²) in [5, 5.41) is 0. The van der Waals surface area contributed by atoms with Crippen LogP contribution in [0.4, 0.5) is 0 Å². The zero-order valence-corrected chi connectivity index (χ0v) is 13.3. The molecule has 0 amide bonds. The first-order chi connectivity index (χ1) is 6.00. The minimum atomic E-state index is -5.39. The van der Waals surface area contributed by atoms with Crippen LogP contribution < -0.4 is 44.0 Å². The second-order valence-corrected chi connectivity index (χ2v) is 4.02. The normalized spacial score (nSPS) is 9.83. The summed E-state index contributed by atoms with van der Waals surface area (Å²) in [5.74, 6) is 0. The van der Waals surface area contributed by atoms with Crippen molar-refractivity contribution in [2.45, 2.75) is 0 Å². The molecule has 0 aliphatic heterocycles. The molecule has 0 unspecified atom stereocenters. The van der Waals surface area contributed by atoms with Gasteiger partial charge in [0.05, 0.1) is 0 Å². The van der Waals surface area contributed by atoms with Gasteiger partial charge in [0, 0.05) is 0 Å². The Morgan fingerprint density at radius 2 is 0.389 bits per heavy atom. The molecule has 18 heavy (non-hydrogen) atoms. The molecule has 18 heteroatoms. The molecule has 0 saturated heterocycles. The molecular formula is Fe3O12P3. The molecule has 0 aromatic heterocycles. The van der Waals surface area contributed by atoms with Crippen molar-refractivity contribution in [3.05, 3.63) is 0 Å². The van der Waals surface area contributed by atoms with Crippen molar-refractivity contribution < 1.29 is 109 Å². The Hall–Kier alpha value is 1.89. The average molecular weight is 452 g/mol. The van der Waals surface area contributed by atoms with E-state index in [1.54, 1.807) is 0 Å². The molecule has 12 nitrogen and oxygen atoms in total. The van der Waals surface area contributed by atoms with Gasteiger partial charge in [-0.2, -0.15) is 23.5 Å². The van der Waals surface area contributed by atoms with Gasteiger partial charge < -0.3 is 57.7 Å². The van der Waals surface area contributed by atoms with E-state index >= 15 is 0 Å². The Labute approximate surface area is 132 Å². The topological polar surface area (TPSA) is 259 Å². The molecule has 0 aromatic carbocycles. The number of phosphoric acid groups is 3. The van der Waals surface area contributed by atoms with E-state index in [-0.39, 0.29) is 51.2 Å². The van der Waals surface area contributed by atoms with Crippen LogP contribution in [0, 0.1) is 0 Å². The third-order valence-corrected chi connectivity index (χ3v) is 0. The summed E-state index contributed by atoms with van der Waals surface area (Å²) in [7, 11) is -16.2. The van der Waals surface area contributed by atoms with E-state index < -0.39 is 23.5 Å². The molecule has 111 valence electrons.